The molecular formula is C10H10N4O4. The summed E-state index contributed by atoms with van der Waals surface area (Å²) in [4.78, 5) is 41.5. The van der Waals surface area contributed by atoms with Crippen molar-refractivity contribution >= 4 is 17.9 Å². The van der Waals surface area contributed by atoms with Gasteiger partial charge in [0.15, 0.2) is 5.54 Å². The fourth-order valence-electron chi connectivity index (χ4n) is 1.79. The number of carbonyl (C=O) groups excluding carboxylic acids is 2. The molecule has 2 heterocycles. The van der Waals surface area contributed by atoms with Crippen LogP contribution < -0.4 is 10.6 Å². The summed E-state index contributed by atoms with van der Waals surface area (Å²) in [6.07, 6.45) is 3.76. The van der Waals surface area contributed by atoms with Gasteiger partial charge in [-0.1, -0.05) is 0 Å². The van der Waals surface area contributed by atoms with Gasteiger partial charge in [0.1, 0.15) is 0 Å². The highest BCUT2D eigenvalue weighted by Crippen LogP contribution is 2.27. The summed E-state index contributed by atoms with van der Waals surface area (Å²) in [5.41, 5.74) is -1.24. The minimum Gasteiger partial charge on any atom is -0.481 e. The lowest BCUT2D eigenvalue weighted by Gasteiger charge is -2.23. The summed E-state index contributed by atoms with van der Waals surface area (Å²) in [5, 5.41) is 13.2. The molecule has 0 aliphatic carbocycles. The number of nitrogens with one attached hydrogen (secondary N) is 2. The number of aromatic nitrogens is 2. The van der Waals surface area contributed by atoms with Gasteiger partial charge >= 0.3 is 12.0 Å². The zero-order valence-corrected chi connectivity index (χ0v) is 9.21. The second-order valence-corrected chi connectivity index (χ2v) is 3.80. The molecule has 3 amide bonds. The first-order chi connectivity index (χ1) is 8.54. The van der Waals surface area contributed by atoms with Crippen LogP contribution in [0.1, 0.15) is 18.5 Å². The van der Waals surface area contributed by atoms with Gasteiger partial charge in [-0.2, -0.15) is 0 Å². The third-order valence-corrected chi connectivity index (χ3v) is 2.66. The third-order valence-electron chi connectivity index (χ3n) is 2.66. The normalized spacial score (nSPS) is 22.4. The Hall–Kier alpha value is -2.51. The summed E-state index contributed by atoms with van der Waals surface area (Å²) in [6.45, 7) is 0. The van der Waals surface area contributed by atoms with E-state index in [2.05, 4.69) is 20.6 Å². The molecule has 0 spiro atoms. The first-order valence-electron chi connectivity index (χ1n) is 5.16. The first-order valence-corrected chi connectivity index (χ1v) is 5.16. The number of carbonyl (C=O) groups is 3. The number of carboxylic acid groups (broad SMARTS) is 1. The van der Waals surface area contributed by atoms with E-state index in [0.717, 1.165) is 0 Å². The van der Waals surface area contributed by atoms with Crippen LogP contribution >= 0.6 is 0 Å². The maximum atomic E-state index is 11.9. The van der Waals surface area contributed by atoms with Crippen LogP contribution in [-0.2, 0) is 15.1 Å². The van der Waals surface area contributed by atoms with Crippen LogP contribution in [-0.4, -0.2) is 33.0 Å². The fourth-order valence-corrected chi connectivity index (χ4v) is 1.79. The van der Waals surface area contributed by atoms with E-state index in [1.165, 1.54) is 18.6 Å². The first kappa shape index (κ1) is 12.0. The molecule has 1 unspecified atom stereocenters. The molecule has 3 N–H and O–H groups in total. The third kappa shape index (κ3) is 1.99. The largest absolute Gasteiger partial charge is 0.481 e. The topological polar surface area (TPSA) is 121 Å². The number of nitrogens with zero attached hydrogens (tertiary/aromatic N) is 2. The van der Waals surface area contributed by atoms with Gasteiger partial charge in [0.25, 0.3) is 5.91 Å². The highest BCUT2D eigenvalue weighted by atomic mass is 16.4. The average molecular weight is 250 g/mol. The molecule has 2 rings (SSSR count). The summed E-state index contributed by atoms with van der Waals surface area (Å²) < 4.78 is 0. The van der Waals surface area contributed by atoms with Gasteiger partial charge in [-0.05, 0) is 6.42 Å². The molecule has 1 aromatic rings. The minimum atomic E-state index is -1.45. The number of hydrogen-bond acceptors (Lipinski definition) is 5. The number of hydrogen-bond donors (Lipinski definition) is 3. The molecule has 0 bridgehead atoms. The second kappa shape index (κ2) is 4.40. The monoisotopic (exact) mass is 250 g/mol. The summed E-state index contributed by atoms with van der Waals surface area (Å²) in [6, 6.07) is -0.670. The van der Waals surface area contributed by atoms with Crippen molar-refractivity contribution in [2.75, 3.05) is 0 Å². The maximum absolute atomic E-state index is 11.9. The van der Waals surface area contributed by atoms with E-state index < -0.39 is 23.4 Å². The molecule has 8 heteroatoms. The molecule has 0 radical (unpaired) electrons. The Morgan fingerprint density at radius 3 is 2.67 bits per heavy atom. The van der Waals surface area contributed by atoms with Crippen LogP contribution in [0.15, 0.2) is 18.6 Å². The molecule has 18 heavy (non-hydrogen) atoms. The zero-order chi connectivity index (χ0) is 13.2. The van der Waals surface area contributed by atoms with Gasteiger partial charge in [0.2, 0.25) is 0 Å². The summed E-state index contributed by atoms with van der Waals surface area (Å²) in [7, 11) is 0. The van der Waals surface area contributed by atoms with E-state index in [4.69, 9.17) is 5.11 Å². The maximum Gasteiger partial charge on any atom is 0.322 e. The molecule has 1 aliphatic heterocycles. The highest BCUT2D eigenvalue weighted by molar-refractivity contribution is 6.07. The molecular weight excluding hydrogens is 240 g/mol. The molecule has 0 aromatic carbocycles. The number of urea groups is 1. The van der Waals surface area contributed by atoms with Gasteiger partial charge in [-0.15, -0.1) is 0 Å². The standard InChI is InChI=1S/C10H10N4O4/c15-7(16)1-2-10(6-5-11-3-4-12-6)8(17)13-9(18)14-10/h3-5H,1-2H2,(H,15,16)(H2,13,14,17,18). The predicted molar refractivity (Wildman–Crippen MR) is 57.3 cm³/mol. The van der Waals surface area contributed by atoms with Crippen LogP contribution in [0.5, 0.6) is 0 Å². The van der Waals surface area contributed by atoms with Crippen molar-refractivity contribution in [3.8, 4) is 0 Å². The van der Waals surface area contributed by atoms with Crippen LogP contribution in [0, 0.1) is 0 Å². The van der Waals surface area contributed by atoms with Gasteiger partial charge in [-0.25, -0.2) is 4.79 Å². The van der Waals surface area contributed by atoms with Gasteiger partial charge < -0.3 is 10.4 Å². The Kier molecular flexibility index (Phi) is 2.92. The van der Waals surface area contributed by atoms with Crippen molar-refractivity contribution in [3.05, 3.63) is 24.3 Å². The Bertz CT molecular complexity index is 504. The molecule has 1 aromatic heterocycles. The van der Waals surface area contributed by atoms with Gasteiger partial charge in [-0.3, -0.25) is 24.9 Å². The Morgan fingerprint density at radius 2 is 2.17 bits per heavy atom. The van der Waals surface area contributed by atoms with Gasteiger partial charge in [0.05, 0.1) is 11.9 Å². The quantitative estimate of drug-likeness (QED) is 0.612. The number of rotatable bonds is 4. The second-order valence-electron chi connectivity index (χ2n) is 3.80. The Morgan fingerprint density at radius 1 is 1.39 bits per heavy atom. The van der Waals surface area contributed by atoms with E-state index in [9.17, 15) is 14.4 Å². The van der Waals surface area contributed by atoms with Crippen molar-refractivity contribution in [1.82, 2.24) is 20.6 Å². The molecule has 8 nitrogen and oxygen atoms in total. The minimum absolute atomic E-state index is 0.0847. The highest BCUT2D eigenvalue weighted by Gasteiger charge is 2.49. The number of aliphatic carboxylic acids is 1. The van der Waals surface area contributed by atoms with Crippen molar-refractivity contribution in [3.63, 3.8) is 0 Å². The Labute approximate surface area is 101 Å². The fraction of sp³-hybridized carbons (Fsp3) is 0.300. The predicted octanol–water partition coefficient (Wildman–Crippen LogP) is -0.624. The lowest BCUT2D eigenvalue weighted by atomic mass is 9.90. The smallest absolute Gasteiger partial charge is 0.322 e. The summed E-state index contributed by atoms with van der Waals surface area (Å²) in [5.74, 6) is -1.68. The molecule has 1 fully saturated rings. The van der Waals surface area contributed by atoms with E-state index in [-0.39, 0.29) is 18.5 Å². The van der Waals surface area contributed by atoms with E-state index in [1.807, 2.05) is 0 Å². The Balaban J connectivity index is 2.37. The van der Waals surface area contributed by atoms with Crippen molar-refractivity contribution in [2.45, 2.75) is 18.4 Å². The van der Waals surface area contributed by atoms with Crippen LogP contribution in [0.4, 0.5) is 4.79 Å². The average Bonchev–Trinajstić information content (AvgIpc) is 2.64. The number of amides is 3. The lowest BCUT2D eigenvalue weighted by molar-refractivity contribution is -0.137. The van der Waals surface area contributed by atoms with E-state index in [0.29, 0.717) is 0 Å². The van der Waals surface area contributed by atoms with Crippen LogP contribution in [0.2, 0.25) is 0 Å². The van der Waals surface area contributed by atoms with Crippen molar-refractivity contribution in [2.24, 2.45) is 0 Å². The van der Waals surface area contributed by atoms with E-state index in [1.54, 1.807) is 0 Å². The SMILES string of the molecule is O=C(O)CCC1(c2cnccn2)NC(=O)NC1=O. The van der Waals surface area contributed by atoms with Crippen molar-refractivity contribution < 1.29 is 19.5 Å². The lowest BCUT2D eigenvalue weighted by Crippen LogP contribution is -2.45. The molecule has 1 atom stereocenters. The molecule has 0 saturated carbocycles. The van der Waals surface area contributed by atoms with Gasteiger partial charge in [0, 0.05) is 18.8 Å². The summed E-state index contributed by atoms with van der Waals surface area (Å²) >= 11 is 0. The van der Waals surface area contributed by atoms with Crippen LogP contribution in [0.3, 0.4) is 0 Å². The zero-order valence-electron chi connectivity index (χ0n) is 9.21. The number of carboxylic acids is 1. The molecule has 1 saturated heterocycles. The van der Waals surface area contributed by atoms with E-state index >= 15 is 0 Å². The number of imide groups is 1. The van der Waals surface area contributed by atoms with Crippen molar-refractivity contribution in [1.29, 1.82) is 0 Å². The van der Waals surface area contributed by atoms with Crippen LogP contribution in [0.25, 0.3) is 0 Å². The molecule has 94 valence electrons. The molecule has 1 aliphatic rings.